The first-order chi connectivity index (χ1) is 13.3. The average Bonchev–Trinajstić information content (AvgIpc) is 3.04. The molecular formula is C21H25NO4S2. The van der Waals surface area contributed by atoms with E-state index in [2.05, 4.69) is 11.0 Å². The molecule has 5 nitrogen and oxygen atoms in total. The summed E-state index contributed by atoms with van der Waals surface area (Å²) in [5.74, 6) is -0.389. The average molecular weight is 420 g/mol. The summed E-state index contributed by atoms with van der Waals surface area (Å²) in [5.41, 5.74) is 3.47. The Labute approximate surface area is 167 Å². The molecule has 0 spiro atoms. The fraction of sp³-hybridized carbons (Fsp3) is 0.429. The molecule has 0 radical (unpaired) electrons. The maximum atomic E-state index is 13.3. The van der Waals surface area contributed by atoms with Crippen molar-refractivity contribution in [3.05, 3.63) is 65.2 Å². The summed E-state index contributed by atoms with van der Waals surface area (Å²) in [6.45, 7) is 3.28. The molecule has 0 aromatic heterocycles. The van der Waals surface area contributed by atoms with Crippen molar-refractivity contribution in [3.8, 4) is 0 Å². The van der Waals surface area contributed by atoms with Crippen LogP contribution in [0.1, 0.15) is 23.6 Å². The first kappa shape index (κ1) is 19.6. The van der Waals surface area contributed by atoms with Crippen molar-refractivity contribution in [1.29, 1.82) is 0 Å². The smallest absolute Gasteiger partial charge is 0.183 e. The standard InChI is InChI=1S/C21H25NO4S2/c1-2-16-7-9-19(10-8-16)28(25,26)21-15-27(23,24)14-20(21)22-12-11-17-5-3-4-6-18(17)13-22/h3-10,20-21H,2,11-15H2,1H3/t20-,21+/m0/s1. The van der Waals surface area contributed by atoms with Gasteiger partial charge in [-0.1, -0.05) is 43.3 Å². The molecule has 28 heavy (non-hydrogen) atoms. The van der Waals surface area contributed by atoms with Gasteiger partial charge in [0.15, 0.2) is 19.7 Å². The predicted molar refractivity (Wildman–Crippen MR) is 110 cm³/mol. The summed E-state index contributed by atoms with van der Waals surface area (Å²) < 4.78 is 51.5. The second-order valence-corrected chi connectivity index (χ2v) is 12.0. The first-order valence-electron chi connectivity index (χ1n) is 9.64. The van der Waals surface area contributed by atoms with Gasteiger partial charge in [-0.3, -0.25) is 4.90 Å². The van der Waals surface area contributed by atoms with Crippen molar-refractivity contribution in [3.63, 3.8) is 0 Å². The van der Waals surface area contributed by atoms with Gasteiger partial charge in [-0.05, 0) is 41.7 Å². The number of nitrogens with zero attached hydrogens (tertiary/aromatic N) is 1. The molecule has 2 aromatic carbocycles. The van der Waals surface area contributed by atoms with Crippen molar-refractivity contribution in [1.82, 2.24) is 4.90 Å². The van der Waals surface area contributed by atoms with Crippen molar-refractivity contribution in [2.75, 3.05) is 18.1 Å². The largest absolute Gasteiger partial charge is 0.293 e. The maximum Gasteiger partial charge on any atom is 0.183 e. The van der Waals surface area contributed by atoms with Gasteiger partial charge in [0.05, 0.1) is 21.7 Å². The van der Waals surface area contributed by atoms with Gasteiger partial charge >= 0.3 is 0 Å². The Kier molecular flexibility index (Phi) is 5.10. The lowest BCUT2D eigenvalue weighted by atomic mass is 9.98. The lowest BCUT2D eigenvalue weighted by Gasteiger charge is -2.35. The Morgan fingerprint density at radius 2 is 1.68 bits per heavy atom. The highest BCUT2D eigenvalue weighted by Crippen LogP contribution is 2.32. The molecule has 150 valence electrons. The zero-order chi connectivity index (χ0) is 19.9. The summed E-state index contributed by atoms with van der Waals surface area (Å²) in [5, 5.41) is -0.921. The van der Waals surface area contributed by atoms with E-state index in [1.807, 2.05) is 37.3 Å². The van der Waals surface area contributed by atoms with Crippen LogP contribution in [-0.2, 0) is 39.1 Å². The van der Waals surface area contributed by atoms with Crippen molar-refractivity contribution in [2.24, 2.45) is 0 Å². The monoisotopic (exact) mass is 419 g/mol. The van der Waals surface area contributed by atoms with Gasteiger partial charge in [0, 0.05) is 19.1 Å². The van der Waals surface area contributed by atoms with E-state index in [0.717, 1.165) is 24.0 Å². The zero-order valence-electron chi connectivity index (χ0n) is 15.9. The van der Waals surface area contributed by atoms with E-state index in [0.29, 0.717) is 13.1 Å². The maximum absolute atomic E-state index is 13.3. The summed E-state index contributed by atoms with van der Waals surface area (Å²) in [7, 11) is -7.13. The Morgan fingerprint density at radius 3 is 2.36 bits per heavy atom. The molecule has 7 heteroatoms. The number of hydrogen-bond acceptors (Lipinski definition) is 5. The van der Waals surface area contributed by atoms with Crippen molar-refractivity contribution < 1.29 is 16.8 Å². The third kappa shape index (κ3) is 3.63. The minimum absolute atomic E-state index is 0.0912. The molecule has 2 aliphatic rings. The van der Waals surface area contributed by atoms with Crippen LogP contribution < -0.4 is 0 Å². The fourth-order valence-electron chi connectivity index (χ4n) is 4.32. The Hall–Kier alpha value is -1.70. The van der Waals surface area contributed by atoms with Gasteiger partial charge in [-0.15, -0.1) is 0 Å². The molecule has 0 aliphatic carbocycles. The molecule has 0 N–H and O–H groups in total. The Bertz CT molecular complexity index is 1080. The van der Waals surface area contributed by atoms with Gasteiger partial charge in [-0.2, -0.15) is 0 Å². The highest BCUT2D eigenvalue weighted by atomic mass is 32.2. The van der Waals surface area contributed by atoms with E-state index < -0.39 is 31.0 Å². The molecule has 2 aromatic rings. The molecule has 0 saturated carbocycles. The molecule has 2 aliphatic heterocycles. The number of aryl methyl sites for hydroxylation is 1. The van der Waals surface area contributed by atoms with E-state index >= 15 is 0 Å². The lowest BCUT2D eigenvalue weighted by Crippen LogP contribution is -2.48. The minimum atomic E-state index is -3.73. The minimum Gasteiger partial charge on any atom is -0.293 e. The number of fused-ring (bicyclic) bond motifs is 1. The van der Waals surface area contributed by atoms with Crippen LogP contribution in [0.15, 0.2) is 53.4 Å². The van der Waals surface area contributed by atoms with Crippen LogP contribution in [0, 0.1) is 0 Å². The predicted octanol–water partition coefficient (Wildman–Crippen LogP) is 2.25. The van der Waals surface area contributed by atoms with Gasteiger partial charge in [0.25, 0.3) is 0 Å². The van der Waals surface area contributed by atoms with Crippen molar-refractivity contribution in [2.45, 2.75) is 42.5 Å². The summed E-state index contributed by atoms with van der Waals surface area (Å²) in [6.07, 6.45) is 1.64. The van der Waals surface area contributed by atoms with Gasteiger partial charge in [0.1, 0.15) is 0 Å². The van der Waals surface area contributed by atoms with Crippen LogP contribution in [0.5, 0.6) is 0 Å². The first-order valence-corrected chi connectivity index (χ1v) is 13.0. The van der Waals surface area contributed by atoms with Crippen LogP contribution in [0.2, 0.25) is 0 Å². The van der Waals surface area contributed by atoms with Crippen LogP contribution in [0.4, 0.5) is 0 Å². The molecule has 0 bridgehead atoms. The van der Waals surface area contributed by atoms with Crippen LogP contribution in [0.3, 0.4) is 0 Å². The number of benzene rings is 2. The number of hydrogen-bond donors (Lipinski definition) is 0. The summed E-state index contributed by atoms with van der Waals surface area (Å²) >= 11 is 0. The molecule has 0 amide bonds. The van der Waals surface area contributed by atoms with Crippen LogP contribution in [-0.4, -0.2) is 51.1 Å². The van der Waals surface area contributed by atoms with Gasteiger partial charge in [0.2, 0.25) is 0 Å². The van der Waals surface area contributed by atoms with E-state index in [-0.39, 0.29) is 16.4 Å². The van der Waals surface area contributed by atoms with Gasteiger partial charge in [-0.25, -0.2) is 16.8 Å². The third-order valence-electron chi connectivity index (χ3n) is 5.96. The van der Waals surface area contributed by atoms with Crippen molar-refractivity contribution >= 4 is 19.7 Å². The van der Waals surface area contributed by atoms with Gasteiger partial charge < -0.3 is 0 Å². The quantitative estimate of drug-likeness (QED) is 0.760. The van der Waals surface area contributed by atoms with E-state index in [1.165, 1.54) is 5.56 Å². The SMILES string of the molecule is CCc1ccc(S(=O)(=O)[C@@H]2CS(=O)(=O)C[C@@H]2N2CCc3ccccc3C2)cc1. The topological polar surface area (TPSA) is 71.5 Å². The summed E-state index contributed by atoms with van der Waals surface area (Å²) in [6, 6.07) is 14.4. The molecule has 2 heterocycles. The number of sulfone groups is 2. The highest BCUT2D eigenvalue weighted by molar-refractivity contribution is 7.96. The lowest BCUT2D eigenvalue weighted by molar-refractivity contribution is 0.195. The normalized spacial score (nSPS) is 24.8. The van der Waals surface area contributed by atoms with Crippen LogP contribution in [0.25, 0.3) is 0 Å². The zero-order valence-corrected chi connectivity index (χ0v) is 17.5. The second kappa shape index (κ2) is 7.28. The van der Waals surface area contributed by atoms with Crippen LogP contribution >= 0.6 is 0 Å². The van der Waals surface area contributed by atoms with E-state index in [4.69, 9.17) is 0 Å². The fourth-order valence-corrected chi connectivity index (χ4v) is 9.15. The van der Waals surface area contributed by atoms with E-state index in [9.17, 15) is 16.8 Å². The van der Waals surface area contributed by atoms with E-state index in [1.54, 1.807) is 12.1 Å². The molecule has 1 fully saturated rings. The highest BCUT2D eigenvalue weighted by Gasteiger charge is 2.48. The molecular weight excluding hydrogens is 394 g/mol. The Balaban J connectivity index is 1.66. The summed E-state index contributed by atoms with van der Waals surface area (Å²) in [4.78, 5) is 2.27. The Morgan fingerprint density at radius 1 is 1.00 bits per heavy atom. The third-order valence-corrected chi connectivity index (χ3v) is 10.1. The molecule has 0 unspecified atom stereocenters. The number of rotatable bonds is 4. The second-order valence-electron chi connectivity index (χ2n) is 7.71. The molecule has 1 saturated heterocycles. The molecule has 2 atom stereocenters. The molecule has 4 rings (SSSR count).